The second-order valence-corrected chi connectivity index (χ2v) is 6.55. The highest BCUT2D eigenvalue weighted by molar-refractivity contribution is 9.10. The SMILES string of the molecule is CCOC(=O)c1ccccc1NCc1cc(Br)c(Cl)s1. The lowest BCUT2D eigenvalue weighted by atomic mass is 10.2. The van der Waals surface area contributed by atoms with E-state index >= 15 is 0 Å². The Balaban J connectivity index is 2.11. The van der Waals surface area contributed by atoms with E-state index in [-0.39, 0.29) is 5.97 Å². The number of anilines is 1. The number of esters is 1. The van der Waals surface area contributed by atoms with E-state index in [9.17, 15) is 4.79 Å². The zero-order valence-corrected chi connectivity index (χ0v) is 13.9. The van der Waals surface area contributed by atoms with Crippen molar-refractivity contribution >= 4 is 50.5 Å². The van der Waals surface area contributed by atoms with E-state index in [1.165, 1.54) is 11.3 Å². The summed E-state index contributed by atoms with van der Waals surface area (Å²) < 4.78 is 6.65. The number of nitrogens with one attached hydrogen (secondary N) is 1. The summed E-state index contributed by atoms with van der Waals surface area (Å²) in [6.45, 7) is 2.76. The minimum Gasteiger partial charge on any atom is -0.462 e. The quantitative estimate of drug-likeness (QED) is 0.752. The van der Waals surface area contributed by atoms with E-state index in [2.05, 4.69) is 21.2 Å². The minimum absolute atomic E-state index is 0.319. The van der Waals surface area contributed by atoms with Crippen molar-refractivity contribution in [2.75, 3.05) is 11.9 Å². The van der Waals surface area contributed by atoms with Crippen LogP contribution in [0.4, 0.5) is 5.69 Å². The van der Waals surface area contributed by atoms with Crippen molar-refractivity contribution in [1.82, 2.24) is 0 Å². The molecule has 1 aromatic heterocycles. The van der Waals surface area contributed by atoms with Gasteiger partial charge in [0.2, 0.25) is 0 Å². The Morgan fingerprint density at radius 1 is 1.45 bits per heavy atom. The van der Waals surface area contributed by atoms with Gasteiger partial charge < -0.3 is 10.1 Å². The summed E-state index contributed by atoms with van der Waals surface area (Å²) in [5, 5.41) is 3.24. The Bertz CT molecular complexity index is 595. The van der Waals surface area contributed by atoms with Gasteiger partial charge in [-0.2, -0.15) is 0 Å². The van der Waals surface area contributed by atoms with Gasteiger partial charge in [0, 0.05) is 21.6 Å². The van der Waals surface area contributed by atoms with Gasteiger partial charge in [-0.25, -0.2) is 4.79 Å². The molecule has 6 heteroatoms. The number of ether oxygens (including phenoxy) is 1. The molecule has 0 spiro atoms. The summed E-state index contributed by atoms with van der Waals surface area (Å²) in [7, 11) is 0. The third-order valence-electron chi connectivity index (χ3n) is 2.57. The number of hydrogen-bond donors (Lipinski definition) is 1. The maximum absolute atomic E-state index is 11.8. The van der Waals surface area contributed by atoms with Crippen LogP contribution in [0.3, 0.4) is 0 Å². The molecular formula is C14H13BrClNO2S. The molecule has 106 valence electrons. The Morgan fingerprint density at radius 2 is 2.20 bits per heavy atom. The van der Waals surface area contributed by atoms with Gasteiger partial charge in [0.25, 0.3) is 0 Å². The van der Waals surface area contributed by atoms with Crippen molar-refractivity contribution < 1.29 is 9.53 Å². The lowest BCUT2D eigenvalue weighted by molar-refractivity contribution is 0.0527. The molecule has 1 heterocycles. The van der Waals surface area contributed by atoms with Crippen molar-refractivity contribution in [1.29, 1.82) is 0 Å². The number of rotatable bonds is 5. The molecule has 2 rings (SSSR count). The smallest absolute Gasteiger partial charge is 0.340 e. The highest BCUT2D eigenvalue weighted by atomic mass is 79.9. The van der Waals surface area contributed by atoms with Crippen LogP contribution in [0.5, 0.6) is 0 Å². The van der Waals surface area contributed by atoms with E-state index in [0.29, 0.717) is 18.7 Å². The van der Waals surface area contributed by atoms with Gasteiger partial charge in [0.05, 0.1) is 12.2 Å². The summed E-state index contributed by atoms with van der Waals surface area (Å²) in [6.07, 6.45) is 0. The fourth-order valence-corrected chi connectivity index (χ4v) is 3.42. The fourth-order valence-electron chi connectivity index (χ4n) is 1.68. The van der Waals surface area contributed by atoms with Crippen LogP contribution in [0.15, 0.2) is 34.8 Å². The second kappa shape index (κ2) is 7.11. The molecule has 2 aromatic rings. The highest BCUT2D eigenvalue weighted by Crippen LogP contribution is 2.32. The third kappa shape index (κ3) is 3.75. The molecule has 0 aliphatic heterocycles. The monoisotopic (exact) mass is 373 g/mol. The molecule has 0 radical (unpaired) electrons. The summed E-state index contributed by atoms with van der Waals surface area (Å²) in [5.74, 6) is -0.319. The molecule has 20 heavy (non-hydrogen) atoms. The van der Waals surface area contributed by atoms with E-state index in [1.807, 2.05) is 24.3 Å². The molecule has 0 aliphatic rings. The number of carbonyl (C=O) groups excluding carboxylic acids is 1. The topological polar surface area (TPSA) is 38.3 Å². The normalized spacial score (nSPS) is 10.3. The van der Waals surface area contributed by atoms with Crippen molar-refractivity contribution in [3.05, 3.63) is 49.6 Å². The van der Waals surface area contributed by atoms with Gasteiger partial charge in [-0.15, -0.1) is 11.3 Å². The van der Waals surface area contributed by atoms with Crippen molar-refractivity contribution in [2.24, 2.45) is 0 Å². The van der Waals surface area contributed by atoms with E-state index in [0.717, 1.165) is 19.4 Å². The van der Waals surface area contributed by atoms with Crippen LogP contribution in [0.2, 0.25) is 4.34 Å². The molecule has 0 fully saturated rings. The Hall–Kier alpha value is -1.04. The molecule has 0 atom stereocenters. The minimum atomic E-state index is -0.319. The number of thiophene rings is 1. The van der Waals surface area contributed by atoms with Gasteiger partial charge in [0.15, 0.2) is 0 Å². The summed E-state index contributed by atoms with van der Waals surface area (Å²) in [5.41, 5.74) is 1.29. The third-order valence-corrected chi connectivity index (χ3v) is 5.05. The zero-order chi connectivity index (χ0) is 14.5. The van der Waals surface area contributed by atoms with Crippen LogP contribution >= 0.6 is 38.9 Å². The summed E-state index contributed by atoms with van der Waals surface area (Å²) in [4.78, 5) is 12.9. The van der Waals surface area contributed by atoms with Crippen LogP contribution in [-0.2, 0) is 11.3 Å². The summed E-state index contributed by atoms with van der Waals surface area (Å²) >= 11 is 10.9. The van der Waals surface area contributed by atoms with Gasteiger partial charge >= 0.3 is 5.97 Å². The first kappa shape index (κ1) is 15.4. The predicted octanol–water partition coefficient (Wildman–Crippen LogP) is 4.95. The average Bonchev–Trinajstić information content (AvgIpc) is 2.76. The number of hydrogen-bond acceptors (Lipinski definition) is 4. The van der Waals surface area contributed by atoms with Gasteiger partial charge in [-0.05, 0) is 41.1 Å². The van der Waals surface area contributed by atoms with E-state index < -0.39 is 0 Å². The van der Waals surface area contributed by atoms with Crippen molar-refractivity contribution in [3.8, 4) is 0 Å². The van der Waals surface area contributed by atoms with Gasteiger partial charge in [-0.1, -0.05) is 23.7 Å². The number of halogens is 2. The molecule has 0 amide bonds. The zero-order valence-electron chi connectivity index (χ0n) is 10.8. The molecule has 0 saturated carbocycles. The predicted molar refractivity (Wildman–Crippen MR) is 86.8 cm³/mol. The van der Waals surface area contributed by atoms with E-state index in [4.69, 9.17) is 16.3 Å². The standard InChI is InChI=1S/C14H13BrClNO2S/c1-2-19-14(18)10-5-3-4-6-12(10)17-8-9-7-11(15)13(16)20-9/h3-7,17H,2,8H2,1H3. The second-order valence-electron chi connectivity index (χ2n) is 3.95. The molecule has 0 unspecified atom stereocenters. The maximum atomic E-state index is 11.8. The average molecular weight is 375 g/mol. The van der Waals surface area contributed by atoms with Crippen LogP contribution in [0.25, 0.3) is 0 Å². The fraction of sp³-hybridized carbons (Fsp3) is 0.214. The number of benzene rings is 1. The molecule has 0 saturated heterocycles. The Labute approximate surface area is 135 Å². The maximum Gasteiger partial charge on any atom is 0.340 e. The van der Waals surface area contributed by atoms with Crippen molar-refractivity contribution in [3.63, 3.8) is 0 Å². The van der Waals surface area contributed by atoms with Gasteiger partial charge in [-0.3, -0.25) is 0 Å². The molecule has 1 aromatic carbocycles. The Morgan fingerprint density at radius 3 is 2.85 bits per heavy atom. The van der Waals surface area contributed by atoms with Gasteiger partial charge in [0.1, 0.15) is 4.34 Å². The first-order valence-electron chi connectivity index (χ1n) is 6.05. The Kier molecular flexibility index (Phi) is 5.46. The van der Waals surface area contributed by atoms with E-state index in [1.54, 1.807) is 13.0 Å². The summed E-state index contributed by atoms with van der Waals surface area (Å²) in [6, 6.07) is 9.26. The molecule has 1 N–H and O–H groups in total. The molecular weight excluding hydrogens is 362 g/mol. The lowest BCUT2D eigenvalue weighted by Gasteiger charge is -2.10. The largest absolute Gasteiger partial charge is 0.462 e. The first-order valence-corrected chi connectivity index (χ1v) is 8.04. The highest BCUT2D eigenvalue weighted by Gasteiger charge is 2.12. The molecule has 0 bridgehead atoms. The van der Waals surface area contributed by atoms with Crippen molar-refractivity contribution in [2.45, 2.75) is 13.5 Å². The molecule has 0 aliphatic carbocycles. The molecule has 3 nitrogen and oxygen atoms in total. The lowest BCUT2D eigenvalue weighted by Crippen LogP contribution is -2.09. The van der Waals surface area contributed by atoms with Crippen LogP contribution in [0, 0.1) is 0 Å². The number of carbonyl (C=O) groups is 1. The number of para-hydroxylation sites is 1. The first-order chi connectivity index (χ1) is 9.61. The van der Waals surface area contributed by atoms with Crippen LogP contribution in [0.1, 0.15) is 22.2 Å². The van der Waals surface area contributed by atoms with Crippen LogP contribution in [-0.4, -0.2) is 12.6 Å². The van der Waals surface area contributed by atoms with Crippen LogP contribution < -0.4 is 5.32 Å².